The zero-order valence-electron chi connectivity index (χ0n) is 9.23. The number of carbonyl (C=O) groups is 2. The predicted molar refractivity (Wildman–Crippen MR) is 65.8 cm³/mol. The van der Waals surface area contributed by atoms with Crippen molar-refractivity contribution >= 4 is 35.1 Å². The Balaban J connectivity index is 2.54. The number of hydrogen-bond acceptors (Lipinski definition) is 5. The first-order valence-corrected chi connectivity index (χ1v) is 5.66. The summed E-state index contributed by atoms with van der Waals surface area (Å²) in [5.74, 6) is -1.40. The number of ether oxygens (including phenoxy) is 1. The van der Waals surface area contributed by atoms with Crippen LogP contribution in [0.15, 0.2) is 12.1 Å². The van der Waals surface area contributed by atoms with Gasteiger partial charge in [-0.1, -0.05) is 23.2 Å². The molecule has 0 saturated carbocycles. The molecule has 4 N–H and O–H groups in total. The lowest BCUT2D eigenvalue weighted by atomic mass is 10.2. The highest BCUT2D eigenvalue weighted by molar-refractivity contribution is 6.32. The van der Waals surface area contributed by atoms with Crippen LogP contribution in [0.3, 0.4) is 0 Å². The summed E-state index contributed by atoms with van der Waals surface area (Å²) in [6.45, 7) is -0.0622. The molecule has 0 aliphatic heterocycles. The number of carbonyl (C=O) groups excluding carboxylic acids is 2. The molecule has 1 heterocycles. The van der Waals surface area contributed by atoms with Crippen molar-refractivity contribution in [1.29, 1.82) is 0 Å². The minimum Gasteiger partial charge on any atom is -0.460 e. The van der Waals surface area contributed by atoms with Gasteiger partial charge in [0, 0.05) is 0 Å². The Morgan fingerprint density at radius 1 is 1.33 bits per heavy atom. The van der Waals surface area contributed by atoms with Crippen LogP contribution in [0.4, 0.5) is 0 Å². The van der Waals surface area contributed by atoms with Crippen molar-refractivity contribution in [3.05, 3.63) is 28.0 Å². The van der Waals surface area contributed by atoms with E-state index in [0.717, 1.165) is 0 Å². The molecule has 1 aromatic heterocycles. The smallest absolute Gasteiger partial charge is 0.323 e. The summed E-state index contributed by atoms with van der Waals surface area (Å²) in [5.41, 5.74) is 10.9. The van der Waals surface area contributed by atoms with Crippen LogP contribution in [0.1, 0.15) is 12.0 Å². The zero-order chi connectivity index (χ0) is 13.7. The second-order valence-electron chi connectivity index (χ2n) is 3.51. The van der Waals surface area contributed by atoms with Gasteiger partial charge >= 0.3 is 5.97 Å². The lowest BCUT2D eigenvalue weighted by molar-refractivity contribution is -0.147. The molecule has 6 nitrogen and oxygen atoms in total. The first kappa shape index (κ1) is 14.7. The van der Waals surface area contributed by atoms with E-state index in [1.807, 2.05) is 0 Å². The van der Waals surface area contributed by atoms with Crippen molar-refractivity contribution in [2.45, 2.75) is 19.1 Å². The largest absolute Gasteiger partial charge is 0.460 e. The molecule has 0 bridgehead atoms. The number of rotatable bonds is 5. The van der Waals surface area contributed by atoms with Gasteiger partial charge in [-0.25, -0.2) is 4.98 Å². The molecular weight excluding hydrogens is 281 g/mol. The molecule has 0 radical (unpaired) electrons. The van der Waals surface area contributed by atoms with Crippen LogP contribution in [0, 0.1) is 0 Å². The van der Waals surface area contributed by atoms with Gasteiger partial charge in [-0.2, -0.15) is 0 Å². The summed E-state index contributed by atoms with van der Waals surface area (Å²) in [6, 6.07) is 1.93. The van der Waals surface area contributed by atoms with Crippen LogP contribution in [-0.4, -0.2) is 22.9 Å². The average Bonchev–Trinajstić information content (AvgIpc) is 2.23. The van der Waals surface area contributed by atoms with Gasteiger partial charge < -0.3 is 16.2 Å². The van der Waals surface area contributed by atoms with Crippen molar-refractivity contribution in [3.63, 3.8) is 0 Å². The van der Waals surface area contributed by atoms with Gasteiger partial charge in [-0.3, -0.25) is 9.59 Å². The highest BCUT2D eigenvalue weighted by Gasteiger charge is 2.17. The van der Waals surface area contributed by atoms with E-state index in [2.05, 4.69) is 4.98 Å². The maximum atomic E-state index is 11.4. The minimum atomic E-state index is -1.07. The molecule has 0 unspecified atom stereocenters. The third-order valence-corrected chi connectivity index (χ3v) is 2.31. The van der Waals surface area contributed by atoms with E-state index in [1.54, 1.807) is 0 Å². The summed E-state index contributed by atoms with van der Waals surface area (Å²) in [5, 5.41) is 0.380. The molecule has 0 aliphatic rings. The fourth-order valence-corrected chi connectivity index (χ4v) is 1.66. The molecule has 1 aromatic rings. The molecule has 0 aliphatic carbocycles. The highest BCUT2D eigenvalue weighted by Crippen LogP contribution is 2.15. The maximum absolute atomic E-state index is 11.4. The van der Waals surface area contributed by atoms with Crippen LogP contribution in [0.5, 0.6) is 0 Å². The van der Waals surface area contributed by atoms with E-state index < -0.39 is 17.9 Å². The van der Waals surface area contributed by atoms with Gasteiger partial charge in [0.15, 0.2) is 0 Å². The number of nitrogens with zero attached hydrogens (tertiary/aromatic N) is 1. The summed E-state index contributed by atoms with van der Waals surface area (Å²) < 4.78 is 4.88. The summed E-state index contributed by atoms with van der Waals surface area (Å²) >= 11 is 11.3. The summed E-state index contributed by atoms with van der Waals surface area (Å²) in [7, 11) is 0. The van der Waals surface area contributed by atoms with Crippen molar-refractivity contribution in [2.75, 3.05) is 0 Å². The van der Waals surface area contributed by atoms with Gasteiger partial charge in [0.1, 0.15) is 23.0 Å². The van der Waals surface area contributed by atoms with E-state index in [9.17, 15) is 9.59 Å². The van der Waals surface area contributed by atoms with Crippen molar-refractivity contribution < 1.29 is 14.3 Å². The van der Waals surface area contributed by atoms with E-state index >= 15 is 0 Å². The van der Waals surface area contributed by atoms with E-state index in [-0.39, 0.29) is 23.3 Å². The van der Waals surface area contributed by atoms with Crippen LogP contribution in [0.2, 0.25) is 10.3 Å². The minimum absolute atomic E-state index is 0.0622. The van der Waals surface area contributed by atoms with E-state index in [4.69, 9.17) is 39.4 Å². The molecule has 18 heavy (non-hydrogen) atoms. The lowest BCUT2D eigenvalue weighted by Gasteiger charge is -2.10. The Labute approximate surface area is 113 Å². The highest BCUT2D eigenvalue weighted by atomic mass is 35.5. The standard InChI is InChI=1S/C10H11Cl2N3O3/c11-7-1-5(2-8(12)15-7)4-18-10(17)6(13)3-9(14)16/h1-2,6H,3-4,13H2,(H2,14,16)/t6-/m0/s1. The van der Waals surface area contributed by atoms with Crippen molar-refractivity contribution in [1.82, 2.24) is 4.98 Å². The van der Waals surface area contributed by atoms with Crippen LogP contribution in [0.25, 0.3) is 0 Å². The fraction of sp³-hybridized carbons (Fsp3) is 0.300. The van der Waals surface area contributed by atoms with Gasteiger partial charge in [0.25, 0.3) is 0 Å². The second-order valence-corrected chi connectivity index (χ2v) is 4.28. The Morgan fingerprint density at radius 3 is 2.39 bits per heavy atom. The second kappa shape index (κ2) is 6.53. The number of amides is 1. The van der Waals surface area contributed by atoms with E-state index in [1.165, 1.54) is 12.1 Å². The van der Waals surface area contributed by atoms with Gasteiger partial charge in [0.2, 0.25) is 5.91 Å². The number of esters is 1. The number of pyridine rings is 1. The van der Waals surface area contributed by atoms with Crippen LogP contribution < -0.4 is 11.5 Å². The number of aromatic nitrogens is 1. The number of primary amides is 1. The van der Waals surface area contributed by atoms with Gasteiger partial charge in [0.05, 0.1) is 6.42 Å². The fourth-order valence-electron chi connectivity index (χ4n) is 1.16. The van der Waals surface area contributed by atoms with Gasteiger partial charge in [-0.15, -0.1) is 0 Å². The number of hydrogen-bond donors (Lipinski definition) is 2. The normalized spacial score (nSPS) is 11.9. The molecular formula is C10H11Cl2N3O3. The van der Waals surface area contributed by atoms with E-state index in [0.29, 0.717) is 5.56 Å². The first-order chi connectivity index (χ1) is 8.38. The van der Waals surface area contributed by atoms with Gasteiger partial charge in [-0.05, 0) is 17.7 Å². The lowest BCUT2D eigenvalue weighted by Crippen LogP contribution is -2.36. The Kier molecular flexibility index (Phi) is 5.33. The molecule has 8 heteroatoms. The Hall–Kier alpha value is -1.37. The first-order valence-electron chi connectivity index (χ1n) is 4.91. The van der Waals surface area contributed by atoms with Crippen LogP contribution >= 0.6 is 23.2 Å². The quantitative estimate of drug-likeness (QED) is 0.611. The molecule has 0 aromatic carbocycles. The zero-order valence-corrected chi connectivity index (χ0v) is 10.7. The molecule has 1 amide bonds. The molecule has 0 fully saturated rings. The summed E-state index contributed by atoms with van der Waals surface area (Å²) in [6.07, 6.45) is -0.267. The maximum Gasteiger partial charge on any atom is 0.323 e. The molecule has 98 valence electrons. The predicted octanol–water partition coefficient (Wildman–Crippen LogP) is 0.634. The third kappa shape index (κ3) is 4.87. The topological polar surface area (TPSA) is 108 Å². The Bertz CT molecular complexity index is 447. The third-order valence-electron chi connectivity index (χ3n) is 1.93. The Morgan fingerprint density at radius 2 is 1.89 bits per heavy atom. The van der Waals surface area contributed by atoms with Crippen LogP contribution in [-0.2, 0) is 20.9 Å². The average molecular weight is 292 g/mol. The molecule has 1 atom stereocenters. The molecule has 1 rings (SSSR count). The molecule has 0 spiro atoms. The monoisotopic (exact) mass is 291 g/mol. The SMILES string of the molecule is NC(=O)C[C@H](N)C(=O)OCc1cc(Cl)nc(Cl)c1. The van der Waals surface area contributed by atoms with Crippen molar-refractivity contribution in [3.8, 4) is 0 Å². The summed E-state index contributed by atoms with van der Waals surface area (Å²) in [4.78, 5) is 25.7. The number of halogens is 2. The number of nitrogens with two attached hydrogens (primary N) is 2. The molecule has 0 saturated heterocycles. The van der Waals surface area contributed by atoms with Crippen molar-refractivity contribution in [2.24, 2.45) is 11.5 Å².